The van der Waals surface area contributed by atoms with Crippen molar-refractivity contribution in [2.45, 2.75) is 46.5 Å². The first-order valence-electron chi connectivity index (χ1n) is 12.7. The molecule has 0 aromatic heterocycles. The summed E-state index contributed by atoms with van der Waals surface area (Å²) in [6, 6.07) is 14.3. The van der Waals surface area contributed by atoms with E-state index in [2.05, 4.69) is 54.1 Å². The molecule has 2 aromatic carbocycles. The van der Waals surface area contributed by atoms with E-state index >= 15 is 0 Å². The zero-order valence-corrected chi connectivity index (χ0v) is 21.0. The minimum atomic E-state index is -0.348. The molecule has 0 radical (unpaired) electrons. The van der Waals surface area contributed by atoms with E-state index in [0.717, 1.165) is 56.1 Å². The number of piperazine rings is 1. The van der Waals surface area contributed by atoms with Crippen molar-refractivity contribution < 1.29 is 9.59 Å². The summed E-state index contributed by atoms with van der Waals surface area (Å²) in [5.41, 5.74) is 5.19. The number of benzene rings is 2. The highest BCUT2D eigenvalue weighted by Gasteiger charge is 2.36. The Labute approximate surface area is 203 Å². The van der Waals surface area contributed by atoms with Gasteiger partial charge in [-0.3, -0.25) is 9.59 Å². The number of likely N-dealkylation sites (N-methyl/N-ethyl adjacent to an activating group) is 1. The van der Waals surface area contributed by atoms with Crippen LogP contribution in [-0.2, 0) is 9.59 Å². The molecule has 0 aliphatic carbocycles. The summed E-state index contributed by atoms with van der Waals surface area (Å²) in [5.74, 6) is -0.0415. The van der Waals surface area contributed by atoms with Crippen LogP contribution in [0.1, 0.15) is 50.7 Å². The maximum atomic E-state index is 13.1. The first-order chi connectivity index (χ1) is 16.4. The SMILES string of the molecule is CCC(C)c1ccccc1N1CC(C(=O)Nc2ccc(N3CCN(CC)CC3)cc2C)CC1=O. The number of anilines is 3. The fourth-order valence-corrected chi connectivity index (χ4v) is 5.03. The highest BCUT2D eigenvalue weighted by Crippen LogP contribution is 2.34. The van der Waals surface area contributed by atoms with E-state index in [0.29, 0.717) is 12.5 Å². The van der Waals surface area contributed by atoms with E-state index in [1.807, 2.05) is 31.2 Å². The Morgan fingerprint density at radius 3 is 2.50 bits per heavy atom. The van der Waals surface area contributed by atoms with Gasteiger partial charge in [-0.2, -0.15) is 0 Å². The van der Waals surface area contributed by atoms with Crippen molar-refractivity contribution in [1.82, 2.24) is 4.90 Å². The lowest BCUT2D eigenvalue weighted by atomic mass is 9.96. The maximum Gasteiger partial charge on any atom is 0.229 e. The van der Waals surface area contributed by atoms with Gasteiger partial charge in [-0.15, -0.1) is 0 Å². The summed E-state index contributed by atoms with van der Waals surface area (Å²) >= 11 is 0. The Hall–Kier alpha value is -2.86. The molecule has 2 aliphatic heterocycles. The van der Waals surface area contributed by atoms with Crippen LogP contribution in [0, 0.1) is 12.8 Å². The predicted octanol–water partition coefficient (Wildman–Crippen LogP) is 4.64. The van der Waals surface area contributed by atoms with Gasteiger partial charge < -0.3 is 20.0 Å². The number of rotatable bonds is 7. The Morgan fingerprint density at radius 2 is 1.82 bits per heavy atom. The van der Waals surface area contributed by atoms with Crippen molar-refractivity contribution in [2.24, 2.45) is 5.92 Å². The van der Waals surface area contributed by atoms with Gasteiger partial charge in [0.05, 0.1) is 5.92 Å². The first-order valence-corrected chi connectivity index (χ1v) is 12.7. The highest BCUT2D eigenvalue weighted by molar-refractivity contribution is 6.04. The minimum absolute atomic E-state index is 0.0224. The number of aryl methyl sites for hydroxylation is 1. The molecule has 2 amide bonds. The fraction of sp³-hybridized carbons (Fsp3) is 0.500. The average molecular weight is 463 g/mol. The molecule has 2 unspecified atom stereocenters. The van der Waals surface area contributed by atoms with E-state index in [1.54, 1.807) is 4.90 Å². The van der Waals surface area contributed by atoms with Crippen molar-refractivity contribution in [2.75, 3.05) is 54.4 Å². The summed E-state index contributed by atoms with van der Waals surface area (Å²) in [4.78, 5) is 32.7. The van der Waals surface area contributed by atoms with Crippen LogP contribution >= 0.6 is 0 Å². The third-order valence-corrected chi connectivity index (χ3v) is 7.52. The summed E-state index contributed by atoms with van der Waals surface area (Å²) in [7, 11) is 0. The Morgan fingerprint density at radius 1 is 1.09 bits per heavy atom. The van der Waals surface area contributed by atoms with E-state index in [4.69, 9.17) is 0 Å². The van der Waals surface area contributed by atoms with Crippen LogP contribution in [0.25, 0.3) is 0 Å². The number of nitrogens with zero attached hydrogens (tertiary/aromatic N) is 3. The number of hydrogen-bond acceptors (Lipinski definition) is 4. The van der Waals surface area contributed by atoms with Gasteiger partial charge in [-0.05, 0) is 61.2 Å². The van der Waals surface area contributed by atoms with Crippen LogP contribution in [0.4, 0.5) is 17.1 Å². The molecule has 2 saturated heterocycles. The maximum absolute atomic E-state index is 13.1. The summed E-state index contributed by atoms with van der Waals surface area (Å²) in [6.07, 6.45) is 1.26. The summed E-state index contributed by atoms with van der Waals surface area (Å²) in [6.45, 7) is 14.3. The Kier molecular flexibility index (Phi) is 7.57. The number of carbonyl (C=O) groups excluding carboxylic acids is 2. The zero-order chi connectivity index (χ0) is 24.2. The van der Waals surface area contributed by atoms with E-state index in [1.165, 1.54) is 11.3 Å². The molecule has 34 heavy (non-hydrogen) atoms. The smallest absolute Gasteiger partial charge is 0.229 e. The van der Waals surface area contributed by atoms with Gasteiger partial charge in [0.2, 0.25) is 11.8 Å². The van der Waals surface area contributed by atoms with Crippen molar-refractivity contribution >= 4 is 28.9 Å². The summed E-state index contributed by atoms with van der Waals surface area (Å²) in [5, 5.41) is 3.10. The van der Waals surface area contributed by atoms with Crippen molar-refractivity contribution in [3.8, 4) is 0 Å². The molecule has 6 nitrogen and oxygen atoms in total. The number of amides is 2. The van der Waals surface area contributed by atoms with E-state index < -0.39 is 0 Å². The van der Waals surface area contributed by atoms with Crippen molar-refractivity contribution in [3.05, 3.63) is 53.6 Å². The number of carbonyl (C=O) groups is 2. The topological polar surface area (TPSA) is 55.9 Å². The van der Waals surface area contributed by atoms with E-state index in [9.17, 15) is 9.59 Å². The first kappa shape index (κ1) is 24.3. The van der Waals surface area contributed by atoms with Crippen LogP contribution in [0.15, 0.2) is 42.5 Å². The van der Waals surface area contributed by atoms with Gasteiger partial charge in [0.25, 0.3) is 0 Å². The molecule has 1 N–H and O–H groups in total. The van der Waals surface area contributed by atoms with Crippen molar-refractivity contribution in [3.63, 3.8) is 0 Å². The van der Waals surface area contributed by atoms with Gasteiger partial charge in [0.1, 0.15) is 0 Å². The second-order valence-electron chi connectivity index (χ2n) is 9.68. The molecule has 0 spiro atoms. The molecule has 182 valence electrons. The van der Waals surface area contributed by atoms with Gasteiger partial charge in [-0.25, -0.2) is 0 Å². The lowest BCUT2D eigenvalue weighted by molar-refractivity contribution is -0.122. The lowest BCUT2D eigenvalue weighted by Gasteiger charge is -2.35. The third kappa shape index (κ3) is 5.12. The number of nitrogens with one attached hydrogen (secondary N) is 1. The molecule has 2 atom stereocenters. The molecule has 2 heterocycles. The van der Waals surface area contributed by atoms with E-state index in [-0.39, 0.29) is 24.2 Å². The highest BCUT2D eigenvalue weighted by atomic mass is 16.2. The van der Waals surface area contributed by atoms with Crippen LogP contribution in [0.5, 0.6) is 0 Å². The Bertz CT molecular complexity index is 1030. The molecule has 2 fully saturated rings. The molecule has 4 rings (SSSR count). The third-order valence-electron chi connectivity index (χ3n) is 7.52. The van der Waals surface area contributed by atoms with Crippen LogP contribution in [0.3, 0.4) is 0 Å². The molecule has 6 heteroatoms. The Balaban J connectivity index is 1.41. The predicted molar refractivity (Wildman–Crippen MR) is 140 cm³/mol. The largest absolute Gasteiger partial charge is 0.369 e. The van der Waals surface area contributed by atoms with Gasteiger partial charge in [0.15, 0.2) is 0 Å². The molecular weight excluding hydrogens is 424 g/mol. The molecule has 0 bridgehead atoms. The van der Waals surface area contributed by atoms with Gasteiger partial charge >= 0.3 is 0 Å². The van der Waals surface area contributed by atoms with Crippen LogP contribution in [-0.4, -0.2) is 56.0 Å². The van der Waals surface area contributed by atoms with Gasteiger partial charge in [0, 0.05) is 56.2 Å². The standard InChI is InChI=1S/C28H38N4O2/c1-5-20(3)24-9-7-8-10-26(24)32-19-22(18-27(32)33)28(34)29-25-12-11-23(17-21(25)4)31-15-13-30(6-2)14-16-31/h7-12,17,20,22H,5-6,13-16,18-19H2,1-4H3,(H,29,34). The average Bonchev–Trinajstić information content (AvgIpc) is 3.26. The zero-order valence-electron chi connectivity index (χ0n) is 21.0. The second-order valence-corrected chi connectivity index (χ2v) is 9.68. The van der Waals surface area contributed by atoms with Gasteiger partial charge in [-0.1, -0.05) is 39.0 Å². The monoisotopic (exact) mass is 462 g/mol. The molecule has 2 aliphatic rings. The molecule has 2 aromatic rings. The molecular formula is C28H38N4O2. The second kappa shape index (κ2) is 10.6. The fourth-order valence-electron chi connectivity index (χ4n) is 5.03. The number of para-hydroxylation sites is 1. The lowest BCUT2D eigenvalue weighted by Crippen LogP contribution is -2.46. The molecule has 0 saturated carbocycles. The quantitative estimate of drug-likeness (QED) is 0.651. The minimum Gasteiger partial charge on any atom is -0.369 e. The number of hydrogen-bond donors (Lipinski definition) is 1. The van der Waals surface area contributed by atoms with Crippen LogP contribution in [0.2, 0.25) is 0 Å². The van der Waals surface area contributed by atoms with Crippen LogP contribution < -0.4 is 15.1 Å². The van der Waals surface area contributed by atoms with Crippen molar-refractivity contribution in [1.29, 1.82) is 0 Å². The normalized spacial score (nSPS) is 20.0. The summed E-state index contributed by atoms with van der Waals surface area (Å²) < 4.78 is 0.